The van der Waals surface area contributed by atoms with Gasteiger partial charge in [0.25, 0.3) is 11.6 Å². The highest BCUT2D eigenvalue weighted by molar-refractivity contribution is 6.31. The van der Waals surface area contributed by atoms with Crippen molar-refractivity contribution < 1.29 is 14.5 Å². The number of anilines is 1. The summed E-state index contributed by atoms with van der Waals surface area (Å²) in [6, 6.07) is 10.2. The Kier molecular flexibility index (Phi) is 5.14. The van der Waals surface area contributed by atoms with Crippen LogP contribution in [-0.2, 0) is 4.79 Å². The maximum Gasteiger partial charge on any atom is 0.269 e. The molecular weight excluding hydrogens is 370 g/mol. The average Bonchev–Trinajstić information content (AvgIpc) is 2.66. The molecule has 27 heavy (non-hydrogen) atoms. The molecule has 1 fully saturated rings. The molecule has 2 aromatic rings. The molecule has 1 atom stereocenters. The lowest BCUT2D eigenvalue weighted by atomic mass is 10.1. The molecule has 1 heterocycles. The number of hydrogen-bond acceptors (Lipinski definition) is 4. The Labute approximate surface area is 161 Å². The van der Waals surface area contributed by atoms with E-state index >= 15 is 0 Å². The summed E-state index contributed by atoms with van der Waals surface area (Å²) in [4.78, 5) is 38.9. The van der Waals surface area contributed by atoms with Gasteiger partial charge in [0, 0.05) is 41.5 Å². The molecule has 8 heteroatoms. The van der Waals surface area contributed by atoms with Gasteiger partial charge in [-0.2, -0.15) is 0 Å². The highest BCUT2D eigenvalue weighted by Crippen LogP contribution is 2.26. The number of carbonyl (C=O) groups excluding carboxylic acids is 2. The van der Waals surface area contributed by atoms with Gasteiger partial charge in [0.15, 0.2) is 0 Å². The molecule has 1 unspecified atom stereocenters. The number of nitro groups is 1. The van der Waals surface area contributed by atoms with Gasteiger partial charge in [-0.05, 0) is 43.7 Å². The highest BCUT2D eigenvalue weighted by atomic mass is 35.5. The summed E-state index contributed by atoms with van der Waals surface area (Å²) in [5, 5.41) is 11.3. The van der Waals surface area contributed by atoms with Gasteiger partial charge in [-0.1, -0.05) is 17.7 Å². The standard InChI is InChI=1S/C19H18ClN3O4/c1-12-3-6-16(11-17(12)20)22-10-9-21(13(2)18(22)24)19(25)14-4-7-15(8-5-14)23(26)27/h3-8,11,13H,9-10H2,1-2H3. The molecule has 2 amide bonds. The number of halogens is 1. The van der Waals surface area contributed by atoms with Crippen LogP contribution in [0, 0.1) is 17.0 Å². The Morgan fingerprint density at radius 2 is 1.85 bits per heavy atom. The van der Waals surface area contributed by atoms with E-state index in [4.69, 9.17) is 11.6 Å². The summed E-state index contributed by atoms with van der Waals surface area (Å²) in [5.41, 5.74) is 1.85. The Morgan fingerprint density at radius 1 is 1.19 bits per heavy atom. The molecule has 7 nitrogen and oxygen atoms in total. The number of aryl methyl sites for hydroxylation is 1. The number of nitrogens with zero attached hydrogens (tertiary/aromatic N) is 3. The van der Waals surface area contributed by atoms with Crippen LogP contribution in [0.4, 0.5) is 11.4 Å². The zero-order valence-electron chi connectivity index (χ0n) is 14.9. The number of non-ortho nitro benzene ring substituents is 1. The van der Waals surface area contributed by atoms with Crippen molar-refractivity contribution >= 4 is 34.8 Å². The molecule has 0 spiro atoms. The second-order valence-electron chi connectivity index (χ2n) is 6.40. The SMILES string of the molecule is Cc1ccc(N2CCN(C(=O)c3ccc([N+](=O)[O-])cc3)C(C)C2=O)cc1Cl. The van der Waals surface area contributed by atoms with E-state index in [0.717, 1.165) is 5.56 Å². The highest BCUT2D eigenvalue weighted by Gasteiger charge is 2.35. The minimum Gasteiger partial charge on any atom is -0.325 e. The van der Waals surface area contributed by atoms with Gasteiger partial charge in [0.1, 0.15) is 6.04 Å². The van der Waals surface area contributed by atoms with E-state index in [9.17, 15) is 19.7 Å². The minimum absolute atomic E-state index is 0.0863. The van der Waals surface area contributed by atoms with Crippen LogP contribution in [0.5, 0.6) is 0 Å². The van der Waals surface area contributed by atoms with Gasteiger partial charge in [-0.3, -0.25) is 19.7 Å². The molecule has 0 N–H and O–H groups in total. The molecule has 1 aliphatic rings. The van der Waals surface area contributed by atoms with Crippen molar-refractivity contribution in [2.75, 3.05) is 18.0 Å². The third-order valence-corrected chi connectivity index (χ3v) is 5.12. The summed E-state index contributed by atoms with van der Waals surface area (Å²) in [6.45, 7) is 4.26. The molecule has 1 aliphatic heterocycles. The summed E-state index contributed by atoms with van der Waals surface area (Å²) >= 11 is 6.16. The first-order valence-electron chi connectivity index (χ1n) is 8.42. The molecule has 3 rings (SSSR count). The second kappa shape index (κ2) is 7.36. The first kappa shape index (κ1) is 18.8. The van der Waals surface area contributed by atoms with Crippen molar-refractivity contribution in [1.29, 1.82) is 0 Å². The van der Waals surface area contributed by atoms with E-state index in [1.165, 1.54) is 29.2 Å². The van der Waals surface area contributed by atoms with E-state index in [1.807, 2.05) is 19.1 Å². The lowest BCUT2D eigenvalue weighted by Gasteiger charge is -2.39. The topological polar surface area (TPSA) is 83.8 Å². The van der Waals surface area contributed by atoms with Crippen LogP contribution in [0.2, 0.25) is 5.02 Å². The summed E-state index contributed by atoms with van der Waals surface area (Å²) < 4.78 is 0. The average molecular weight is 388 g/mol. The molecule has 140 valence electrons. The van der Waals surface area contributed by atoms with E-state index in [0.29, 0.717) is 29.4 Å². The maximum absolute atomic E-state index is 12.8. The fourth-order valence-corrected chi connectivity index (χ4v) is 3.22. The predicted octanol–water partition coefficient (Wildman–Crippen LogP) is 3.43. The van der Waals surface area contributed by atoms with Gasteiger partial charge in [-0.15, -0.1) is 0 Å². The van der Waals surface area contributed by atoms with Gasteiger partial charge >= 0.3 is 0 Å². The summed E-state index contributed by atoms with van der Waals surface area (Å²) in [6.07, 6.45) is 0. The molecule has 0 aromatic heterocycles. The van der Waals surface area contributed by atoms with Crippen molar-refractivity contribution in [2.45, 2.75) is 19.9 Å². The Balaban J connectivity index is 1.78. The van der Waals surface area contributed by atoms with Crippen LogP contribution in [0.25, 0.3) is 0 Å². The number of amides is 2. The Morgan fingerprint density at radius 3 is 2.44 bits per heavy atom. The molecular formula is C19H18ClN3O4. The maximum atomic E-state index is 12.8. The third kappa shape index (κ3) is 3.64. The minimum atomic E-state index is -0.651. The van der Waals surface area contributed by atoms with Crippen molar-refractivity contribution in [2.24, 2.45) is 0 Å². The van der Waals surface area contributed by atoms with E-state index < -0.39 is 11.0 Å². The molecule has 0 bridgehead atoms. The lowest BCUT2D eigenvalue weighted by Crippen LogP contribution is -2.57. The molecule has 2 aromatic carbocycles. The zero-order valence-corrected chi connectivity index (χ0v) is 15.6. The third-order valence-electron chi connectivity index (χ3n) is 4.71. The fourth-order valence-electron chi connectivity index (χ4n) is 3.05. The van der Waals surface area contributed by atoms with Crippen LogP contribution >= 0.6 is 11.6 Å². The monoisotopic (exact) mass is 387 g/mol. The van der Waals surface area contributed by atoms with Crippen molar-refractivity contribution in [3.63, 3.8) is 0 Å². The predicted molar refractivity (Wildman–Crippen MR) is 102 cm³/mol. The normalized spacial score (nSPS) is 17.1. The van der Waals surface area contributed by atoms with Crippen LogP contribution < -0.4 is 4.90 Å². The van der Waals surface area contributed by atoms with E-state index in [1.54, 1.807) is 17.9 Å². The molecule has 1 saturated heterocycles. The fraction of sp³-hybridized carbons (Fsp3) is 0.263. The number of hydrogen-bond donors (Lipinski definition) is 0. The second-order valence-corrected chi connectivity index (χ2v) is 6.81. The molecule has 0 aliphatic carbocycles. The summed E-state index contributed by atoms with van der Waals surface area (Å²) in [5.74, 6) is -0.524. The molecule has 0 saturated carbocycles. The first-order chi connectivity index (χ1) is 12.8. The Hall–Kier alpha value is -2.93. The van der Waals surface area contributed by atoms with Gasteiger partial charge < -0.3 is 9.80 Å². The van der Waals surface area contributed by atoms with Crippen LogP contribution in [0.15, 0.2) is 42.5 Å². The van der Waals surface area contributed by atoms with E-state index in [2.05, 4.69) is 0 Å². The Bertz CT molecular complexity index is 914. The van der Waals surface area contributed by atoms with Crippen molar-refractivity contribution in [3.05, 3.63) is 68.7 Å². The van der Waals surface area contributed by atoms with Crippen molar-refractivity contribution in [1.82, 2.24) is 4.90 Å². The largest absolute Gasteiger partial charge is 0.325 e. The number of carbonyl (C=O) groups is 2. The van der Waals surface area contributed by atoms with Gasteiger partial charge in [-0.25, -0.2) is 0 Å². The summed E-state index contributed by atoms with van der Waals surface area (Å²) in [7, 11) is 0. The number of benzene rings is 2. The molecule has 0 radical (unpaired) electrons. The van der Waals surface area contributed by atoms with Crippen LogP contribution in [0.3, 0.4) is 0 Å². The van der Waals surface area contributed by atoms with Crippen LogP contribution in [0.1, 0.15) is 22.8 Å². The zero-order chi connectivity index (χ0) is 19.7. The lowest BCUT2D eigenvalue weighted by molar-refractivity contribution is -0.384. The number of nitro benzene ring substituents is 1. The quantitative estimate of drug-likeness (QED) is 0.596. The van der Waals surface area contributed by atoms with E-state index in [-0.39, 0.29) is 17.5 Å². The number of rotatable bonds is 3. The van der Waals surface area contributed by atoms with Crippen LogP contribution in [-0.4, -0.2) is 40.8 Å². The van der Waals surface area contributed by atoms with Gasteiger partial charge in [0.05, 0.1) is 4.92 Å². The number of piperazine rings is 1. The van der Waals surface area contributed by atoms with Gasteiger partial charge in [0.2, 0.25) is 5.91 Å². The van der Waals surface area contributed by atoms with Crippen molar-refractivity contribution in [3.8, 4) is 0 Å². The smallest absolute Gasteiger partial charge is 0.269 e. The first-order valence-corrected chi connectivity index (χ1v) is 8.80.